The van der Waals surface area contributed by atoms with Crippen molar-refractivity contribution in [3.8, 4) is 0 Å². The van der Waals surface area contributed by atoms with E-state index in [1.807, 2.05) is 13.8 Å². The maximum atomic E-state index is 10.4. The fourth-order valence-corrected chi connectivity index (χ4v) is 2.58. The Morgan fingerprint density at radius 1 is 0.889 bits per heavy atom. The van der Waals surface area contributed by atoms with Gasteiger partial charge >= 0.3 is 0 Å². The van der Waals surface area contributed by atoms with Gasteiger partial charge in [0.15, 0.2) is 17.9 Å². The van der Waals surface area contributed by atoms with Gasteiger partial charge in [0.1, 0.15) is 17.8 Å². The lowest BCUT2D eigenvalue weighted by Crippen LogP contribution is -2.58. The van der Waals surface area contributed by atoms with Crippen LogP contribution in [0.1, 0.15) is 27.7 Å². The number of fused-ring (bicyclic) bond motifs is 1. The van der Waals surface area contributed by atoms with Crippen LogP contribution < -0.4 is 0 Å². The second kappa shape index (κ2) is 3.65. The van der Waals surface area contributed by atoms with Gasteiger partial charge in [-0.2, -0.15) is 0 Å². The molecule has 0 aromatic rings. The van der Waals surface area contributed by atoms with Crippen LogP contribution in [0.2, 0.25) is 0 Å². The van der Waals surface area contributed by atoms with E-state index in [1.165, 1.54) is 0 Å². The van der Waals surface area contributed by atoms with Crippen molar-refractivity contribution in [3.63, 3.8) is 0 Å². The van der Waals surface area contributed by atoms with Crippen molar-refractivity contribution in [2.24, 2.45) is 0 Å². The molecule has 0 bridgehead atoms. The van der Waals surface area contributed by atoms with E-state index in [1.54, 1.807) is 13.8 Å². The summed E-state index contributed by atoms with van der Waals surface area (Å²) in [7, 11) is 0. The minimum Gasteiger partial charge on any atom is -0.387 e. The van der Waals surface area contributed by atoms with Gasteiger partial charge in [0.25, 0.3) is 0 Å². The lowest BCUT2D eigenvalue weighted by atomic mass is 9.96. The highest BCUT2D eigenvalue weighted by Gasteiger charge is 2.63. The van der Waals surface area contributed by atoms with Crippen LogP contribution in [0.4, 0.5) is 0 Å². The van der Waals surface area contributed by atoms with Crippen LogP contribution in [0.5, 0.6) is 0 Å². The molecule has 3 saturated heterocycles. The molecule has 0 amide bonds. The molecule has 18 heavy (non-hydrogen) atoms. The summed E-state index contributed by atoms with van der Waals surface area (Å²) >= 11 is 0. The van der Waals surface area contributed by atoms with E-state index in [0.717, 1.165) is 0 Å². The molecule has 3 aliphatic heterocycles. The first-order chi connectivity index (χ1) is 8.23. The van der Waals surface area contributed by atoms with Gasteiger partial charge < -0.3 is 28.8 Å². The van der Waals surface area contributed by atoms with Crippen molar-refractivity contribution < 1.29 is 28.8 Å². The molecule has 1 spiro atoms. The van der Waals surface area contributed by atoms with Crippen LogP contribution in [-0.2, 0) is 23.7 Å². The highest BCUT2D eigenvalue weighted by molar-refractivity contribution is 5.04. The molecule has 0 aromatic heterocycles. The summed E-state index contributed by atoms with van der Waals surface area (Å²) in [6.45, 7) is 7.79. The Kier molecular flexibility index (Phi) is 2.59. The number of ether oxygens (including phenoxy) is 5. The first-order valence-electron chi connectivity index (χ1n) is 6.23. The van der Waals surface area contributed by atoms with E-state index in [-0.39, 0.29) is 13.2 Å². The van der Waals surface area contributed by atoms with Crippen LogP contribution in [0, 0.1) is 0 Å². The summed E-state index contributed by atoms with van der Waals surface area (Å²) in [5.41, 5.74) is -0.888. The van der Waals surface area contributed by atoms with Gasteiger partial charge in [-0.1, -0.05) is 0 Å². The molecular weight excluding hydrogens is 240 g/mol. The third-order valence-electron chi connectivity index (χ3n) is 3.62. The maximum Gasteiger partial charge on any atom is 0.190 e. The topological polar surface area (TPSA) is 66.4 Å². The predicted molar refractivity (Wildman–Crippen MR) is 59.6 cm³/mol. The van der Waals surface area contributed by atoms with Crippen molar-refractivity contribution in [1.82, 2.24) is 0 Å². The Morgan fingerprint density at radius 3 is 2.06 bits per heavy atom. The zero-order chi connectivity index (χ0) is 13.2. The quantitative estimate of drug-likeness (QED) is 0.679. The molecule has 0 saturated carbocycles. The fraction of sp³-hybridized carbons (Fsp3) is 1.00. The Balaban J connectivity index is 1.75. The Labute approximate surface area is 106 Å². The molecule has 3 aliphatic rings. The molecule has 0 aromatic carbocycles. The third-order valence-corrected chi connectivity index (χ3v) is 3.62. The fourth-order valence-electron chi connectivity index (χ4n) is 2.58. The summed E-state index contributed by atoms with van der Waals surface area (Å²) in [6.07, 6.45) is -1.88. The molecule has 6 heteroatoms. The number of hydrogen-bond acceptors (Lipinski definition) is 6. The highest BCUT2D eigenvalue weighted by atomic mass is 16.9. The summed E-state index contributed by atoms with van der Waals surface area (Å²) in [5, 5.41) is 10.4. The molecular formula is C12H20O6. The molecule has 2 unspecified atom stereocenters. The molecule has 3 atom stereocenters. The van der Waals surface area contributed by atoms with Crippen LogP contribution in [0.15, 0.2) is 0 Å². The second-order valence-corrected chi connectivity index (χ2v) is 6.07. The zero-order valence-electron chi connectivity index (χ0n) is 11.1. The highest BCUT2D eigenvalue weighted by Crippen LogP contribution is 2.44. The minimum atomic E-state index is -0.888. The normalized spacial score (nSPS) is 44.2. The molecule has 104 valence electrons. The summed E-state index contributed by atoms with van der Waals surface area (Å²) in [4.78, 5) is 0. The van der Waals surface area contributed by atoms with Crippen molar-refractivity contribution in [2.45, 2.75) is 63.4 Å². The lowest BCUT2D eigenvalue weighted by molar-refractivity contribution is -0.338. The van der Waals surface area contributed by atoms with E-state index in [4.69, 9.17) is 23.7 Å². The average Bonchev–Trinajstić information content (AvgIpc) is 2.66. The average molecular weight is 260 g/mol. The van der Waals surface area contributed by atoms with Gasteiger partial charge in [0.2, 0.25) is 0 Å². The monoisotopic (exact) mass is 260 g/mol. The molecule has 3 rings (SSSR count). The molecule has 3 fully saturated rings. The van der Waals surface area contributed by atoms with E-state index in [0.29, 0.717) is 0 Å². The van der Waals surface area contributed by atoms with Gasteiger partial charge in [0, 0.05) is 0 Å². The zero-order valence-corrected chi connectivity index (χ0v) is 11.1. The van der Waals surface area contributed by atoms with Crippen molar-refractivity contribution in [2.75, 3.05) is 13.2 Å². The van der Waals surface area contributed by atoms with Crippen LogP contribution in [-0.4, -0.2) is 54.0 Å². The Morgan fingerprint density at radius 2 is 1.50 bits per heavy atom. The van der Waals surface area contributed by atoms with Crippen LogP contribution >= 0.6 is 0 Å². The van der Waals surface area contributed by atoms with E-state index in [2.05, 4.69) is 0 Å². The number of aliphatic hydroxyl groups is 1. The summed E-state index contributed by atoms with van der Waals surface area (Å²) in [5.74, 6) is -1.37. The smallest absolute Gasteiger partial charge is 0.190 e. The van der Waals surface area contributed by atoms with Crippen molar-refractivity contribution in [3.05, 3.63) is 0 Å². The maximum absolute atomic E-state index is 10.4. The minimum absolute atomic E-state index is 0.265. The van der Waals surface area contributed by atoms with Gasteiger partial charge in [0.05, 0.1) is 13.2 Å². The van der Waals surface area contributed by atoms with E-state index < -0.39 is 35.7 Å². The number of rotatable bonds is 0. The van der Waals surface area contributed by atoms with Crippen molar-refractivity contribution in [1.29, 1.82) is 0 Å². The summed E-state index contributed by atoms with van der Waals surface area (Å²) in [6, 6.07) is 0. The van der Waals surface area contributed by atoms with Gasteiger partial charge in [-0.3, -0.25) is 0 Å². The molecule has 0 aliphatic carbocycles. The van der Waals surface area contributed by atoms with Crippen LogP contribution in [0.25, 0.3) is 0 Å². The number of aliphatic hydroxyl groups excluding tert-OH is 1. The molecule has 0 radical (unpaired) electrons. The van der Waals surface area contributed by atoms with Gasteiger partial charge in [-0.15, -0.1) is 0 Å². The van der Waals surface area contributed by atoms with E-state index in [9.17, 15) is 5.11 Å². The molecule has 6 nitrogen and oxygen atoms in total. The van der Waals surface area contributed by atoms with E-state index >= 15 is 0 Å². The molecule has 1 N–H and O–H groups in total. The van der Waals surface area contributed by atoms with Crippen molar-refractivity contribution >= 4 is 0 Å². The number of hydrogen-bond donors (Lipinski definition) is 1. The first kappa shape index (κ1) is 12.8. The van der Waals surface area contributed by atoms with Crippen LogP contribution in [0.3, 0.4) is 0 Å². The largest absolute Gasteiger partial charge is 0.387 e. The Bertz CT molecular complexity index is 342. The van der Waals surface area contributed by atoms with Gasteiger partial charge in [-0.05, 0) is 27.7 Å². The summed E-state index contributed by atoms with van der Waals surface area (Å²) < 4.78 is 28.2. The van der Waals surface area contributed by atoms with Gasteiger partial charge in [-0.25, -0.2) is 0 Å². The Hall–Kier alpha value is -0.240. The molecule has 3 heterocycles. The third kappa shape index (κ3) is 1.88. The SMILES string of the molecule is CC1(C)OCC2(CO1)O[C@H]1OC(C)(C)OC1C2O. The lowest BCUT2D eigenvalue weighted by Gasteiger charge is -2.42. The standard InChI is InChI=1S/C12H20O6/c1-10(2)14-5-12(6-15-10)8(13)7-9(18-12)17-11(3,4)16-7/h7-9,13H,5-6H2,1-4H3/t7?,8?,9-/m1/s1. The first-order valence-corrected chi connectivity index (χ1v) is 6.23. The second-order valence-electron chi connectivity index (χ2n) is 6.07. The predicted octanol–water partition coefficient (Wildman–Crippen LogP) is 0.377.